The largest absolute Gasteiger partial charge is 0.434 e. The molecule has 34 heavy (non-hydrogen) atoms. The zero-order valence-electron chi connectivity index (χ0n) is 18.6. The first-order valence-corrected chi connectivity index (χ1v) is 12.1. The molecule has 0 spiro atoms. The lowest BCUT2D eigenvalue weighted by Gasteiger charge is -2.23. The topological polar surface area (TPSA) is 84.1 Å². The molecule has 2 aliphatic carbocycles. The first-order chi connectivity index (χ1) is 16.3. The Labute approximate surface area is 195 Å². The average Bonchev–Trinajstić information content (AvgIpc) is 3.65. The number of H-pyrrole nitrogens is 1. The number of imidazole rings is 1. The molecule has 2 saturated carbocycles. The summed E-state index contributed by atoms with van der Waals surface area (Å²) in [5.41, 5.74) is 1.96. The number of aromatic nitrogens is 5. The quantitative estimate of drug-likeness (QED) is 0.452. The highest BCUT2D eigenvalue weighted by Gasteiger charge is 2.43. The summed E-state index contributed by atoms with van der Waals surface area (Å²) < 4.78 is 42.9. The van der Waals surface area contributed by atoms with Crippen molar-refractivity contribution >= 4 is 44.4 Å². The number of amides is 1. The van der Waals surface area contributed by atoms with Gasteiger partial charge in [-0.1, -0.05) is 0 Å². The maximum Gasteiger partial charge on any atom is 0.434 e. The van der Waals surface area contributed by atoms with Gasteiger partial charge in [-0.25, -0.2) is 9.97 Å². The second kappa shape index (κ2) is 7.42. The molecular weight excluding hydrogens is 467 g/mol. The second-order valence-corrected chi connectivity index (χ2v) is 9.66. The van der Waals surface area contributed by atoms with E-state index in [1.54, 1.807) is 11.6 Å². The predicted octanol–water partition coefficient (Wildman–Crippen LogP) is 4.35. The van der Waals surface area contributed by atoms with Crippen molar-refractivity contribution in [1.82, 2.24) is 29.0 Å². The van der Waals surface area contributed by atoms with E-state index in [0.717, 1.165) is 53.4 Å². The molecule has 0 radical (unpaired) electrons. The normalized spacial score (nSPS) is 17.3. The Bertz CT molecular complexity index is 1490. The van der Waals surface area contributed by atoms with Gasteiger partial charge in [0.2, 0.25) is 5.13 Å². The molecule has 4 heterocycles. The third-order valence-corrected chi connectivity index (χ3v) is 7.19. The Morgan fingerprint density at radius 3 is 2.59 bits per heavy atom. The lowest BCUT2D eigenvalue weighted by atomic mass is 10.2. The maximum absolute atomic E-state index is 13.6. The maximum atomic E-state index is 13.6. The van der Waals surface area contributed by atoms with Gasteiger partial charge >= 0.3 is 6.18 Å². The Kier molecular flexibility index (Phi) is 4.67. The Morgan fingerprint density at radius 1 is 1.29 bits per heavy atom. The number of fused-ring (bicyclic) bond motifs is 3. The van der Waals surface area contributed by atoms with Gasteiger partial charge in [0, 0.05) is 36.4 Å². The number of hydrogen-bond acceptors (Lipinski definition) is 5. The van der Waals surface area contributed by atoms with Gasteiger partial charge in [-0.15, -0.1) is 11.3 Å². The number of nitrogens with one attached hydrogen (secondary N) is 1. The van der Waals surface area contributed by atoms with Gasteiger partial charge in [0.1, 0.15) is 22.4 Å². The summed E-state index contributed by atoms with van der Waals surface area (Å²) in [5.74, 6) is 0.0277. The Hall–Kier alpha value is -3.15. The SMILES string of the molecule is CCn1c(C(=O)N(C2CC2)C2CC2)cc2c3nc[nH]c3c(=Nc3nc(C(F)(F)F)cs3)n(C)c21. The Morgan fingerprint density at radius 2 is 2.00 bits per heavy atom. The highest BCUT2D eigenvalue weighted by Crippen LogP contribution is 2.39. The number of hydrogen-bond donors (Lipinski definition) is 1. The fourth-order valence-corrected chi connectivity index (χ4v) is 5.34. The van der Waals surface area contributed by atoms with E-state index in [4.69, 9.17) is 0 Å². The molecule has 12 heteroatoms. The van der Waals surface area contributed by atoms with Crippen molar-refractivity contribution in [2.45, 2.75) is 57.4 Å². The molecule has 0 saturated heterocycles. The molecule has 6 rings (SSSR count). The van der Waals surface area contributed by atoms with Crippen LogP contribution in [0.25, 0.3) is 22.1 Å². The number of nitrogens with zero attached hydrogens (tertiary/aromatic N) is 6. The number of rotatable bonds is 5. The van der Waals surface area contributed by atoms with Crippen LogP contribution < -0.4 is 5.49 Å². The first-order valence-electron chi connectivity index (χ1n) is 11.2. The molecule has 178 valence electrons. The van der Waals surface area contributed by atoms with Crippen LogP contribution in [0.5, 0.6) is 0 Å². The van der Waals surface area contributed by atoms with E-state index in [1.807, 2.05) is 22.5 Å². The van der Waals surface area contributed by atoms with Crippen molar-refractivity contribution in [3.05, 3.63) is 34.6 Å². The van der Waals surface area contributed by atoms with Crippen LogP contribution in [0.3, 0.4) is 0 Å². The zero-order chi connectivity index (χ0) is 23.8. The van der Waals surface area contributed by atoms with E-state index in [0.29, 0.717) is 40.8 Å². The summed E-state index contributed by atoms with van der Waals surface area (Å²) in [6.45, 7) is 2.52. The highest BCUT2D eigenvalue weighted by atomic mass is 32.1. The summed E-state index contributed by atoms with van der Waals surface area (Å²) in [4.78, 5) is 31.3. The van der Waals surface area contributed by atoms with Gasteiger partial charge < -0.3 is 19.0 Å². The van der Waals surface area contributed by atoms with Crippen LogP contribution in [-0.2, 0) is 19.8 Å². The minimum atomic E-state index is -4.53. The number of thiazole rings is 1. The second-order valence-electron chi connectivity index (χ2n) is 8.82. The van der Waals surface area contributed by atoms with Gasteiger partial charge in [0.25, 0.3) is 5.91 Å². The van der Waals surface area contributed by atoms with E-state index in [9.17, 15) is 18.0 Å². The number of alkyl halides is 3. The lowest BCUT2D eigenvalue weighted by Crippen LogP contribution is -2.36. The fourth-order valence-electron chi connectivity index (χ4n) is 4.64. The third kappa shape index (κ3) is 3.34. The lowest BCUT2D eigenvalue weighted by molar-refractivity contribution is -0.140. The molecule has 4 aromatic rings. The molecule has 0 unspecified atom stereocenters. The summed E-state index contributed by atoms with van der Waals surface area (Å²) in [6, 6.07) is 2.53. The summed E-state index contributed by atoms with van der Waals surface area (Å²) >= 11 is 0.828. The van der Waals surface area contributed by atoms with E-state index in [2.05, 4.69) is 19.9 Å². The number of aromatic amines is 1. The van der Waals surface area contributed by atoms with Gasteiger partial charge in [-0.3, -0.25) is 4.79 Å². The summed E-state index contributed by atoms with van der Waals surface area (Å²) in [6.07, 6.45) is 1.18. The number of carbonyl (C=O) groups excluding carboxylic acids is 1. The minimum Gasteiger partial charge on any atom is -0.342 e. The van der Waals surface area contributed by atoms with Crippen LogP contribution in [0.4, 0.5) is 18.3 Å². The van der Waals surface area contributed by atoms with Crippen LogP contribution in [0, 0.1) is 0 Å². The first kappa shape index (κ1) is 21.4. The van der Waals surface area contributed by atoms with Crippen molar-refractivity contribution in [2.75, 3.05) is 0 Å². The number of pyridine rings is 1. The molecule has 2 aliphatic rings. The number of aryl methyl sites for hydroxylation is 2. The predicted molar refractivity (Wildman–Crippen MR) is 121 cm³/mol. The fraction of sp³-hybridized carbons (Fsp3) is 0.455. The molecule has 4 aromatic heterocycles. The van der Waals surface area contributed by atoms with Gasteiger partial charge in [-0.05, 0) is 38.7 Å². The zero-order valence-corrected chi connectivity index (χ0v) is 19.4. The molecule has 2 fully saturated rings. The highest BCUT2D eigenvalue weighted by molar-refractivity contribution is 7.13. The molecule has 1 N–H and O–H groups in total. The van der Waals surface area contributed by atoms with Crippen LogP contribution in [-0.4, -0.2) is 47.0 Å². The molecule has 0 aliphatic heterocycles. The van der Waals surface area contributed by atoms with Crippen LogP contribution in [0.15, 0.2) is 22.8 Å². The van der Waals surface area contributed by atoms with E-state index >= 15 is 0 Å². The van der Waals surface area contributed by atoms with E-state index in [1.165, 1.54) is 6.33 Å². The monoisotopic (exact) mass is 489 g/mol. The summed E-state index contributed by atoms with van der Waals surface area (Å²) in [7, 11) is 1.79. The molecule has 8 nitrogen and oxygen atoms in total. The molecule has 1 amide bonds. The number of halogens is 3. The van der Waals surface area contributed by atoms with E-state index < -0.39 is 11.9 Å². The molecular formula is C22H22F3N7OS. The minimum absolute atomic E-state index is 0.00211. The van der Waals surface area contributed by atoms with Gasteiger partial charge in [-0.2, -0.15) is 18.2 Å². The van der Waals surface area contributed by atoms with Gasteiger partial charge in [0.05, 0.1) is 6.33 Å². The van der Waals surface area contributed by atoms with Crippen molar-refractivity contribution < 1.29 is 18.0 Å². The summed E-state index contributed by atoms with van der Waals surface area (Å²) in [5, 5.41) is 1.75. The smallest absolute Gasteiger partial charge is 0.342 e. The van der Waals surface area contributed by atoms with Crippen LogP contribution >= 0.6 is 11.3 Å². The average molecular weight is 490 g/mol. The van der Waals surface area contributed by atoms with Crippen LogP contribution in [0.2, 0.25) is 0 Å². The van der Waals surface area contributed by atoms with Crippen molar-refractivity contribution in [2.24, 2.45) is 12.0 Å². The van der Waals surface area contributed by atoms with Crippen molar-refractivity contribution in [3.8, 4) is 0 Å². The number of carbonyl (C=O) groups is 1. The Balaban J connectivity index is 1.56. The van der Waals surface area contributed by atoms with Crippen LogP contribution in [0.1, 0.15) is 48.8 Å². The molecule has 0 bridgehead atoms. The van der Waals surface area contributed by atoms with Crippen molar-refractivity contribution in [3.63, 3.8) is 0 Å². The van der Waals surface area contributed by atoms with Gasteiger partial charge in [0.15, 0.2) is 11.2 Å². The third-order valence-electron chi connectivity index (χ3n) is 6.46. The molecule has 0 aromatic carbocycles. The molecule has 0 atom stereocenters. The van der Waals surface area contributed by atoms with Crippen molar-refractivity contribution in [1.29, 1.82) is 0 Å². The van der Waals surface area contributed by atoms with E-state index in [-0.39, 0.29) is 11.0 Å². The standard InChI is InChI=1S/C22H22F3N7OS/c1-3-31-14(20(33)32(11-4-5-11)12-6-7-12)8-13-16-17(27-10-26-16)18(30(2)19(13)31)29-21-28-15(9-34-21)22(23,24)25/h8-12H,3-7H2,1-2H3,(H,26,27).